The quantitative estimate of drug-likeness (QED) is 0.728. The predicted molar refractivity (Wildman–Crippen MR) is 92.8 cm³/mol. The van der Waals surface area contributed by atoms with Gasteiger partial charge in [0, 0.05) is 17.3 Å². The summed E-state index contributed by atoms with van der Waals surface area (Å²) in [5, 5.41) is 3.32. The van der Waals surface area contributed by atoms with Gasteiger partial charge in [0.15, 0.2) is 5.13 Å². The van der Waals surface area contributed by atoms with Crippen molar-refractivity contribution in [2.24, 2.45) is 0 Å². The van der Waals surface area contributed by atoms with Crippen LogP contribution in [-0.2, 0) is 12.8 Å². The number of pyridine rings is 1. The number of hydrogen-bond acceptors (Lipinski definition) is 5. The van der Waals surface area contributed by atoms with Crippen molar-refractivity contribution in [3.8, 4) is 0 Å². The Labute approximate surface area is 142 Å². The Kier molecular flexibility index (Phi) is 3.86. The minimum atomic E-state index is -0.463. The number of anilines is 1. The summed E-state index contributed by atoms with van der Waals surface area (Å²) in [6.07, 6.45) is 8.44. The number of carbonyl (C=O) groups is 1. The van der Waals surface area contributed by atoms with E-state index in [4.69, 9.17) is 0 Å². The summed E-state index contributed by atoms with van der Waals surface area (Å²) in [6.45, 7) is 0. The summed E-state index contributed by atoms with van der Waals surface area (Å²) >= 11 is 1.51. The summed E-state index contributed by atoms with van der Waals surface area (Å²) in [5.74, 6) is -0.463. The van der Waals surface area contributed by atoms with Gasteiger partial charge in [0.1, 0.15) is 11.2 Å². The summed E-state index contributed by atoms with van der Waals surface area (Å²) in [7, 11) is 0. The summed E-state index contributed by atoms with van der Waals surface area (Å²) in [4.78, 5) is 34.8. The van der Waals surface area contributed by atoms with Crippen molar-refractivity contribution in [3.63, 3.8) is 0 Å². The molecule has 0 saturated heterocycles. The van der Waals surface area contributed by atoms with E-state index in [1.807, 2.05) is 0 Å². The zero-order chi connectivity index (χ0) is 16.5. The fraction of sp³-hybridized carbons (Fsp3) is 0.294. The first-order valence-corrected chi connectivity index (χ1v) is 8.80. The summed E-state index contributed by atoms with van der Waals surface area (Å²) in [5.41, 5.74) is 1.24. The van der Waals surface area contributed by atoms with Crippen molar-refractivity contribution in [3.05, 3.63) is 57.1 Å². The highest BCUT2D eigenvalue weighted by atomic mass is 32.1. The van der Waals surface area contributed by atoms with Gasteiger partial charge in [0.25, 0.3) is 11.5 Å². The van der Waals surface area contributed by atoms with Crippen LogP contribution in [-0.4, -0.2) is 20.3 Å². The monoisotopic (exact) mass is 340 g/mol. The molecule has 1 aliphatic rings. The molecule has 0 spiro atoms. The van der Waals surface area contributed by atoms with E-state index >= 15 is 0 Å². The van der Waals surface area contributed by atoms with E-state index < -0.39 is 5.91 Å². The molecule has 0 atom stereocenters. The molecule has 3 heterocycles. The Morgan fingerprint density at radius 1 is 1.21 bits per heavy atom. The van der Waals surface area contributed by atoms with Crippen molar-refractivity contribution < 1.29 is 4.79 Å². The van der Waals surface area contributed by atoms with Crippen molar-refractivity contribution in [2.45, 2.75) is 32.1 Å². The van der Waals surface area contributed by atoms with Gasteiger partial charge in [-0.2, -0.15) is 0 Å². The van der Waals surface area contributed by atoms with Crippen LogP contribution in [0.2, 0.25) is 0 Å². The standard InChI is InChI=1S/C17H16N4O2S/c22-15(11-10-18-14-8-4-5-9-21(14)16(11)23)20-17-19-12-6-2-1-3-7-13(12)24-17/h4-5,8-10H,1-3,6-7H2,(H,19,20,22). The SMILES string of the molecule is O=C(Nc1nc2c(s1)CCCCC2)c1cnc2ccccn2c1=O. The van der Waals surface area contributed by atoms with Gasteiger partial charge in [-0.3, -0.25) is 19.3 Å². The second kappa shape index (κ2) is 6.16. The summed E-state index contributed by atoms with van der Waals surface area (Å²) in [6, 6.07) is 5.25. The lowest BCUT2D eigenvalue weighted by Crippen LogP contribution is -2.26. The summed E-state index contributed by atoms with van der Waals surface area (Å²) < 4.78 is 1.37. The van der Waals surface area contributed by atoms with Gasteiger partial charge in [-0.15, -0.1) is 11.3 Å². The van der Waals surface area contributed by atoms with E-state index in [1.165, 1.54) is 39.7 Å². The minimum Gasteiger partial charge on any atom is -0.298 e. The van der Waals surface area contributed by atoms with Crippen LogP contribution in [0.5, 0.6) is 0 Å². The maximum atomic E-state index is 12.5. The topological polar surface area (TPSA) is 76.4 Å². The molecule has 0 saturated carbocycles. The van der Waals surface area contributed by atoms with Gasteiger partial charge in [-0.25, -0.2) is 9.97 Å². The van der Waals surface area contributed by atoms with Gasteiger partial charge >= 0.3 is 0 Å². The van der Waals surface area contributed by atoms with Crippen LogP contribution in [0.1, 0.15) is 40.2 Å². The molecule has 0 radical (unpaired) electrons. The van der Waals surface area contributed by atoms with Gasteiger partial charge in [-0.05, 0) is 37.8 Å². The third-order valence-corrected chi connectivity index (χ3v) is 5.25. The van der Waals surface area contributed by atoms with E-state index in [0.717, 1.165) is 25.0 Å². The predicted octanol–water partition coefficient (Wildman–Crippen LogP) is 2.67. The number of rotatable bonds is 2. The van der Waals surface area contributed by atoms with Crippen molar-refractivity contribution in [1.29, 1.82) is 0 Å². The lowest BCUT2D eigenvalue weighted by molar-refractivity contribution is 0.102. The fourth-order valence-corrected chi connectivity index (χ4v) is 3.97. The molecule has 0 aromatic carbocycles. The fourth-order valence-electron chi connectivity index (χ4n) is 2.93. The number of nitrogens with one attached hydrogen (secondary N) is 1. The lowest BCUT2D eigenvalue weighted by atomic mass is 10.2. The molecule has 122 valence electrons. The molecule has 1 aliphatic carbocycles. The molecule has 7 heteroatoms. The zero-order valence-corrected chi connectivity index (χ0v) is 13.8. The van der Waals surface area contributed by atoms with Gasteiger partial charge in [0.05, 0.1) is 5.69 Å². The number of nitrogens with zero attached hydrogens (tertiary/aromatic N) is 3. The maximum Gasteiger partial charge on any atom is 0.270 e. The molecule has 0 bridgehead atoms. The molecule has 0 aliphatic heterocycles. The lowest BCUT2D eigenvalue weighted by Gasteiger charge is -2.03. The van der Waals surface area contributed by atoms with E-state index in [0.29, 0.717) is 10.8 Å². The van der Waals surface area contributed by atoms with Crippen LogP contribution in [0.25, 0.3) is 5.65 Å². The number of fused-ring (bicyclic) bond motifs is 2. The Morgan fingerprint density at radius 3 is 3.00 bits per heavy atom. The van der Waals surface area contributed by atoms with E-state index in [9.17, 15) is 9.59 Å². The highest BCUT2D eigenvalue weighted by Crippen LogP contribution is 2.29. The second-order valence-corrected chi connectivity index (χ2v) is 6.89. The molecule has 1 N–H and O–H groups in total. The minimum absolute atomic E-state index is 0.0177. The molecule has 24 heavy (non-hydrogen) atoms. The Hall–Kier alpha value is -2.54. The molecule has 0 unspecified atom stereocenters. The number of hydrogen-bond donors (Lipinski definition) is 1. The number of aryl methyl sites for hydroxylation is 2. The van der Waals surface area contributed by atoms with Crippen molar-refractivity contribution >= 4 is 28.0 Å². The van der Waals surface area contributed by atoms with Crippen LogP contribution in [0, 0.1) is 0 Å². The number of carbonyl (C=O) groups excluding carboxylic acids is 1. The molecule has 3 aromatic rings. The second-order valence-electron chi connectivity index (χ2n) is 5.81. The molecule has 0 fully saturated rings. The third kappa shape index (κ3) is 2.71. The first kappa shape index (κ1) is 15.0. The van der Waals surface area contributed by atoms with Crippen molar-refractivity contribution in [1.82, 2.24) is 14.4 Å². The largest absolute Gasteiger partial charge is 0.298 e. The molecular weight excluding hydrogens is 324 g/mol. The average Bonchev–Trinajstić information content (AvgIpc) is 2.83. The number of amides is 1. The van der Waals surface area contributed by atoms with Crippen LogP contribution >= 0.6 is 11.3 Å². The highest BCUT2D eigenvalue weighted by Gasteiger charge is 2.18. The van der Waals surface area contributed by atoms with E-state index in [2.05, 4.69) is 15.3 Å². The molecule has 4 rings (SSSR count). The Morgan fingerprint density at radius 2 is 2.08 bits per heavy atom. The third-order valence-electron chi connectivity index (χ3n) is 4.17. The van der Waals surface area contributed by atoms with Crippen LogP contribution in [0.3, 0.4) is 0 Å². The Balaban J connectivity index is 1.63. The van der Waals surface area contributed by atoms with Gasteiger partial charge in [0.2, 0.25) is 0 Å². The molecule has 6 nitrogen and oxygen atoms in total. The maximum absolute atomic E-state index is 12.5. The molecular formula is C17H16N4O2S. The van der Waals surface area contributed by atoms with Gasteiger partial charge in [-0.1, -0.05) is 12.5 Å². The number of thiazole rings is 1. The number of aromatic nitrogens is 3. The average molecular weight is 340 g/mol. The van der Waals surface area contributed by atoms with E-state index in [1.54, 1.807) is 24.4 Å². The normalized spacial score (nSPS) is 14.2. The first-order valence-electron chi connectivity index (χ1n) is 7.99. The van der Waals surface area contributed by atoms with Crippen molar-refractivity contribution in [2.75, 3.05) is 5.32 Å². The zero-order valence-electron chi connectivity index (χ0n) is 13.0. The van der Waals surface area contributed by atoms with Gasteiger partial charge < -0.3 is 0 Å². The van der Waals surface area contributed by atoms with Crippen LogP contribution in [0.4, 0.5) is 5.13 Å². The van der Waals surface area contributed by atoms with Crippen LogP contribution in [0.15, 0.2) is 35.4 Å². The smallest absolute Gasteiger partial charge is 0.270 e. The Bertz CT molecular complexity index is 953. The first-order chi connectivity index (χ1) is 11.7. The molecule has 1 amide bonds. The van der Waals surface area contributed by atoms with Crippen LogP contribution < -0.4 is 10.9 Å². The van der Waals surface area contributed by atoms with E-state index in [-0.39, 0.29) is 11.1 Å². The highest BCUT2D eigenvalue weighted by molar-refractivity contribution is 7.15. The molecule has 3 aromatic heterocycles.